The van der Waals surface area contributed by atoms with Crippen LogP contribution in [-0.4, -0.2) is 101 Å². The van der Waals surface area contributed by atoms with E-state index in [2.05, 4.69) is 18.5 Å². The van der Waals surface area contributed by atoms with Gasteiger partial charge in [0.15, 0.2) is 0 Å². The van der Waals surface area contributed by atoms with Crippen molar-refractivity contribution in [1.82, 2.24) is 9.96 Å². The van der Waals surface area contributed by atoms with E-state index in [0.717, 1.165) is 26.2 Å². The molecule has 0 N–H and O–H groups in total. The standard InChI is InChI=1S/C9H16N2O2.K/c1-8(2)9(12)13-11-6-4-10(3)5-7-11;/h1,4-7H2,2-3H3;. The van der Waals surface area contributed by atoms with Gasteiger partial charge in [-0.2, -0.15) is 0 Å². The summed E-state index contributed by atoms with van der Waals surface area (Å²) < 4.78 is 0. The van der Waals surface area contributed by atoms with Crippen LogP contribution >= 0.6 is 0 Å². The molecule has 0 atom stereocenters. The first-order valence-electron chi connectivity index (χ1n) is 4.41. The van der Waals surface area contributed by atoms with Crippen LogP contribution in [0.15, 0.2) is 12.2 Å². The Bertz CT molecular complexity index is 213. The molecule has 0 aliphatic carbocycles. The van der Waals surface area contributed by atoms with E-state index in [4.69, 9.17) is 4.84 Å². The van der Waals surface area contributed by atoms with Gasteiger partial charge in [-0.15, -0.1) is 5.06 Å². The van der Waals surface area contributed by atoms with Gasteiger partial charge < -0.3 is 9.74 Å². The molecule has 1 radical (unpaired) electrons. The van der Waals surface area contributed by atoms with Crippen molar-refractivity contribution in [3.63, 3.8) is 0 Å². The third-order valence-corrected chi connectivity index (χ3v) is 2.02. The minimum absolute atomic E-state index is 0. The predicted molar refractivity (Wildman–Crippen MR) is 55.7 cm³/mol. The third-order valence-electron chi connectivity index (χ3n) is 2.02. The van der Waals surface area contributed by atoms with Crippen LogP contribution < -0.4 is 0 Å². The van der Waals surface area contributed by atoms with Crippen LogP contribution in [-0.2, 0) is 9.63 Å². The molecule has 5 heteroatoms. The molecule has 4 nitrogen and oxygen atoms in total. The predicted octanol–water partition coefficient (Wildman–Crippen LogP) is -0.113. The quantitative estimate of drug-likeness (QED) is 0.483. The van der Waals surface area contributed by atoms with Gasteiger partial charge in [-0.1, -0.05) is 6.58 Å². The zero-order chi connectivity index (χ0) is 9.84. The van der Waals surface area contributed by atoms with Crippen molar-refractivity contribution in [2.24, 2.45) is 0 Å². The van der Waals surface area contributed by atoms with Crippen LogP contribution in [0.1, 0.15) is 6.92 Å². The molecule has 0 bridgehead atoms. The number of nitrogens with zero attached hydrogens (tertiary/aromatic N) is 2. The number of rotatable bonds is 2. The summed E-state index contributed by atoms with van der Waals surface area (Å²) >= 11 is 0. The largest absolute Gasteiger partial charge is 0.364 e. The SMILES string of the molecule is C=C(C)C(=O)ON1CCN(C)CC1.[K]. The molecule has 1 aliphatic rings. The van der Waals surface area contributed by atoms with Gasteiger partial charge in [0.1, 0.15) is 0 Å². The number of likely N-dealkylation sites (N-methyl/N-ethyl adjacent to an activating group) is 1. The van der Waals surface area contributed by atoms with Gasteiger partial charge in [-0.05, 0) is 14.0 Å². The first kappa shape index (κ1) is 14.8. The zero-order valence-corrected chi connectivity index (χ0v) is 12.4. The van der Waals surface area contributed by atoms with Crippen LogP contribution in [0.5, 0.6) is 0 Å². The van der Waals surface area contributed by atoms with E-state index in [1.807, 2.05) is 0 Å². The van der Waals surface area contributed by atoms with Crippen molar-refractivity contribution in [3.05, 3.63) is 12.2 Å². The van der Waals surface area contributed by atoms with E-state index in [-0.39, 0.29) is 57.4 Å². The van der Waals surface area contributed by atoms with Gasteiger partial charge in [-0.3, -0.25) is 0 Å². The Morgan fingerprint density at radius 2 is 1.79 bits per heavy atom. The van der Waals surface area contributed by atoms with Gasteiger partial charge in [0.25, 0.3) is 0 Å². The molecular formula is C9H16KN2O2. The fraction of sp³-hybridized carbons (Fsp3) is 0.667. The molecular weight excluding hydrogens is 207 g/mol. The molecule has 75 valence electrons. The van der Waals surface area contributed by atoms with Gasteiger partial charge in [-0.25, -0.2) is 4.79 Å². The molecule has 1 heterocycles. The number of carbonyl (C=O) groups excluding carboxylic acids is 1. The van der Waals surface area contributed by atoms with Gasteiger partial charge in [0.2, 0.25) is 0 Å². The molecule has 0 unspecified atom stereocenters. The minimum atomic E-state index is -0.329. The summed E-state index contributed by atoms with van der Waals surface area (Å²) in [5, 5.41) is 1.69. The topological polar surface area (TPSA) is 32.8 Å². The Kier molecular flexibility index (Phi) is 7.50. The molecule has 0 aromatic rings. The second-order valence-electron chi connectivity index (χ2n) is 3.39. The molecule has 0 spiro atoms. The van der Waals surface area contributed by atoms with Crippen molar-refractivity contribution < 1.29 is 9.63 Å². The fourth-order valence-corrected chi connectivity index (χ4v) is 1.07. The van der Waals surface area contributed by atoms with Gasteiger partial charge in [0, 0.05) is 83.1 Å². The Hall–Kier alpha value is 0.766. The van der Waals surface area contributed by atoms with E-state index >= 15 is 0 Å². The summed E-state index contributed by atoms with van der Waals surface area (Å²) in [7, 11) is 2.05. The molecule has 14 heavy (non-hydrogen) atoms. The third kappa shape index (κ3) is 5.02. The summed E-state index contributed by atoms with van der Waals surface area (Å²) in [5.41, 5.74) is 0.443. The van der Waals surface area contributed by atoms with Crippen LogP contribution in [0.4, 0.5) is 0 Å². The summed E-state index contributed by atoms with van der Waals surface area (Å²) in [6.45, 7) is 8.59. The average Bonchev–Trinajstić information content (AvgIpc) is 2.08. The Morgan fingerprint density at radius 1 is 1.29 bits per heavy atom. The molecule has 1 saturated heterocycles. The number of hydrogen-bond acceptors (Lipinski definition) is 4. The maximum Gasteiger partial charge on any atom is 0.352 e. The first-order chi connectivity index (χ1) is 6.09. The average molecular weight is 223 g/mol. The molecule has 0 aromatic carbocycles. The smallest absolute Gasteiger partial charge is 0.352 e. The van der Waals surface area contributed by atoms with Crippen LogP contribution in [0.3, 0.4) is 0 Å². The van der Waals surface area contributed by atoms with Crippen LogP contribution in [0, 0.1) is 0 Å². The molecule has 1 rings (SSSR count). The van der Waals surface area contributed by atoms with Crippen molar-refractivity contribution in [1.29, 1.82) is 0 Å². The van der Waals surface area contributed by atoms with Gasteiger partial charge in [0.05, 0.1) is 0 Å². The molecule has 0 saturated carbocycles. The van der Waals surface area contributed by atoms with Crippen molar-refractivity contribution in [2.45, 2.75) is 6.92 Å². The van der Waals surface area contributed by atoms with E-state index in [1.165, 1.54) is 0 Å². The van der Waals surface area contributed by atoms with Crippen molar-refractivity contribution >= 4 is 57.4 Å². The maximum absolute atomic E-state index is 11.1. The molecule has 0 amide bonds. The first-order valence-corrected chi connectivity index (χ1v) is 4.41. The number of piperazine rings is 1. The number of hydroxylamine groups is 2. The Labute approximate surface area is 128 Å². The summed E-state index contributed by atoms with van der Waals surface area (Å²) in [6.07, 6.45) is 0. The van der Waals surface area contributed by atoms with E-state index in [1.54, 1.807) is 12.0 Å². The number of hydrogen-bond donors (Lipinski definition) is 0. The summed E-state index contributed by atoms with van der Waals surface area (Å²) in [5.74, 6) is -0.329. The molecule has 1 aliphatic heterocycles. The fourth-order valence-electron chi connectivity index (χ4n) is 1.07. The van der Waals surface area contributed by atoms with Crippen molar-refractivity contribution in [2.75, 3.05) is 33.2 Å². The molecule has 0 aromatic heterocycles. The Balaban J connectivity index is 0.00000169. The number of carbonyl (C=O) groups is 1. The van der Waals surface area contributed by atoms with Crippen LogP contribution in [0.25, 0.3) is 0 Å². The minimum Gasteiger partial charge on any atom is -0.364 e. The van der Waals surface area contributed by atoms with E-state index in [9.17, 15) is 4.79 Å². The zero-order valence-electron chi connectivity index (χ0n) is 9.25. The summed E-state index contributed by atoms with van der Waals surface area (Å²) in [4.78, 5) is 18.4. The van der Waals surface area contributed by atoms with E-state index in [0.29, 0.717) is 5.57 Å². The van der Waals surface area contributed by atoms with Gasteiger partial charge >= 0.3 is 5.97 Å². The Morgan fingerprint density at radius 3 is 2.21 bits per heavy atom. The molecule has 1 fully saturated rings. The summed E-state index contributed by atoms with van der Waals surface area (Å²) in [6, 6.07) is 0. The van der Waals surface area contributed by atoms with Crippen LogP contribution in [0.2, 0.25) is 0 Å². The monoisotopic (exact) mass is 223 g/mol. The normalized spacial score (nSPS) is 18.4. The van der Waals surface area contributed by atoms with E-state index < -0.39 is 0 Å². The van der Waals surface area contributed by atoms with Crippen molar-refractivity contribution in [3.8, 4) is 0 Å². The maximum atomic E-state index is 11.1. The second-order valence-corrected chi connectivity index (χ2v) is 3.39. The second kappa shape index (κ2) is 7.11.